The van der Waals surface area contributed by atoms with E-state index in [0.717, 1.165) is 24.6 Å². The third-order valence-corrected chi connectivity index (χ3v) is 2.80. The summed E-state index contributed by atoms with van der Waals surface area (Å²) in [4.78, 5) is 11.6. The molecule has 0 saturated carbocycles. The van der Waals surface area contributed by atoms with Crippen molar-refractivity contribution in [3.63, 3.8) is 0 Å². The Morgan fingerprint density at radius 3 is 2.56 bits per heavy atom. The van der Waals surface area contributed by atoms with Crippen molar-refractivity contribution in [1.82, 2.24) is 5.32 Å². The number of carbonyl (C=O) groups is 1. The van der Waals surface area contributed by atoms with E-state index in [4.69, 9.17) is 11.6 Å². The van der Waals surface area contributed by atoms with Crippen LogP contribution in [0.15, 0.2) is 24.3 Å². The van der Waals surface area contributed by atoms with Crippen molar-refractivity contribution in [2.75, 3.05) is 18.4 Å². The van der Waals surface area contributed by atoms with Gasteiger partial charge in [-0.05, 0) is 49.6 Å². The smallest absolute Gasteiger partial charge is 0.238 e. The molecule has 0 aliphatic heterocycles. The van der Waals surface area contributed by atoms with Gasteiger partial charge in [0.25, 0.3) is 0 Å². The first-order chi connectivity index (χ1) is 8.58. The lowest BCUT2D eigenvalue weighted by molar-refractivity contribution is -0.115. The number of hydrogen-bond acceptors (Lipinski definition) is 2. The van der Waals surface area contributed by atoms with Gasteiger partial charge in [0.2, 0.25) is 5.91 Å². The third kappa shape index (κ3) is 6.62. The summed E-state index contributed by atoms with van der Waals surface area (Å²) < 4.78 is 0. The Bertz CT molecular complexity index is 363. The van der Waals surface area contributed by atoms with E-state index in [1.165, 1.54) is 6.42 Å². The Morgan fingerprint density at radius 1 is 1.28 bits per heavy atom. The molecule has 2 N–H and O–H groups in total. The highest BCUT2D eigenvalue weighted by Crippen LogP contribution is 2.12. The van der Waals surface area contributed by atoms with Crippen molar-refractivity contribution in [1.29, 1.82) is 0 Å². The van der Waals surface area contributed by atoms with Crippen molar-refractivity contribution in [3.8, 4) is 0 Å². The molecule has 0 spiro atoms. The van der Waals surface area contributed by atoms with E-state index in [9.17, 15) is 4.79 Å². The Labute approximate surface area is 114 Å². The second-order valence-electron chi connectivity index (χ2n) is 4.77. The number of carbonyl (C=O) groups excluding carboxylic acids is 1. The maximum Gasteiger partial charge on any atom is 0.238 e. The normalized spacial score (nSPS) is 10.7. The number of hydrogen-bond donors (Lipinski definition) is 2. The molecule has 1 amide bonds. The van der Waals surface area contributed by atoms with Crippen LogP contribution in [0.25, 0.3) is 0 Å². The predicted octanol–water partition coefficient (Wildman–Crippen LogP) is 3.30. The molecule has 18 heavy (non-hydrogen) atoms. The van der Waals surface area contributed by atoms with Crippen LogP contribution in [-0.4, -0.2) is 19.0 Å². The van der Waals surface area contributed by atoms with E-state index in [1.807, 2.05) is 0 Å². The van der Waals surface area contributed by atoms with Gasteiger partial charge >= 0.3 is 0 Å². The topological polar surface area (TPSA) is 41.1 Å². The fourth-order valence-electron chi connectivity index (χ4n) is 1.58. The van der Waals surface area contributed by atoms with Gasteiger partial charge in [-0.1, -0.05) is 25.4 Å². The fourth-order valence-corrected chi connectivity index (χ4v) is 1.70. The molecule has 0 bridgehead atoms. The Hall–Kier alpha value is -1.06. The molecule has 100 valence electrons. The molecule has 1 aromatic rings. The van der Waals surface area contributed by atoms with Crippen LogP contribution in [0.4, 0.5) is 5.69 Å². The van der Waals surface area contributed by atoms with Crippen LogP contribution in [0, 0.1) is 5.92 Å². The summed E-state index contributed by atoms with van der Waals surface area (Å²) in [6.07, 6.45) is 2.29. The van der Waals surface area contributed by atoms with Crippen molar-refractivity contribution in [2.24, 2.45) is 5.92 Å². The summed E-state index contributed by atoms with van der Waals surface area (Å²) >= 11 is 5.77. The predicted molar refractivity (Wildman–Crippen MR) is 77.0 cm³/mol. The quantitative estimate of drug-likeness (QED) is 0.745. The molecule has 3 nitrogen and oxygen atoms in total. The minimum Gasteiger partial charge on any atom is -0.325 e. The molecule has 0 aromatic heterocycles. The van der Waals surface area contributed by atoms with Crippen LogP contribution in [0.3, 0.4) is 0 Å². The average molecular weight is 269 g/mol. The monoisotopic (exact) mass is 268 g/mol. The number of amides is 1. The lowest BCUT2D eigenvalue weighted by atomic mass is 10.1. The fraction of sp³-hybridized carbons (Fsp3) is 0.500. The van der Waals surface area contributed by atoms with E-state index in [-0.39, 0.29) is 5.91 Å². The molecule has 0 aliphatic rings. The van der Waals surface area contributed by atoms with Gasteiger partial charge in [-0.25, -0.2) is 0 Å². The molecular weight excluding hydrogens is 248 g/mol. The minimum atomic E-state index is -0.0260. The summed E-state index contributed by atoms with van der Waals surface area (Å²) in [6, 6.07) is 7.10. The van der Waals surface area contributed by atoms with E-state index in [0.29, 0.717) is 11.6 Å². The van der Waals surface area contributed by atoms with Gasteiger partial charge in [0.1, 0.15) is 0 Å². The van der Waals surface area contributed by atoms with Crippen LogP contribution in [-0.2, 0) is 4.79 Å². The molecule has 0 atom stereocenters. The van der Waals surface area contributed by atoms with Crippen LogP contribution >= 0.6 is 11.6 Å². The zero-order valence-corrected chi connectivity index (χ0v) is 11.8. The minimum absolute atomic E-state index is 0.0260. The maximum absolute atomic E-state index is 11.6. The van der Waals surface area contributed by atoms with Crippen LogP contribution < -0.4 is 10.6 Å². The van der Waals surface area contributed by atoms with Gasteiger partial charge in [-0.2, -0.15) is 0 Å². The Morgan fingerprint density at radius 2 is 1.94 bits per heavy atom. The standard InChI is InChI=1S/C14H21ClN2O/c1-11(2)4-3-9-16-10-14(18)17-13-7-5-12(15)6-8-13/h5-8,11,16H,3-4,9-10H2,1-2H3,(H,17,18). The van der Waals surface area contributed by atoms with Gasteiger partial charge in [-0.3, -0.25) is 4.79 Å². The molecule has 0 aliphatic carbocycles. The molecule has 0 heterocycles. The highest BCUT2D eigenvalue weighted by atomic mass is 35.5. The molecule has 0 fully saturated rings. The van der Waals surface area contributed by atoms with Crippen LogP contribution in [0.1, 0.15) is 26.7 Å². The van der Waals surface area contributed by atoms with Crippen LogP contribution in [0.2, 0.25) is 5.02 Å². The highest BCUT2D eigenvalue weighted by Gasteiger charge is 2.01. The number of nitrogens with one attached hydrogen (secondary N) is 2. The summed E-state index contributed by atoms with van der Waals surface area (Å²) in [5, 5.41) is 6.61. The summed E-state index contributed by atoms with van der Waals surface area (Å²) in [5.41, 5.74) is 0.772. The maximum atomic E-state index is 11.6. The summed E-state index contributed by atoms with van der Waals surface area (Å²) in [5.74, 6) is 0.691. The summed E-state index contributed by atoms with van der Waals surface area (Å²) in [6.45, 7) is 5.63. The first kappa shape index (κ1) is 15.0. The van der Waals surface area contributed by atoms with Gasteiger partial charge in [0.05, 0.1) is 6.54 Å². The largest absolute Gasteiger partial charge is 0.325 e. The van der Waals surface area contributed by atoms with Crippen molar-refractivity contribution >= 4 is 23.2 Å². The third-order valence-electron chi connectivity index (χ3n) is 2.55. The number of anilines is 1. The number of halogens is 1. The molecule has 0 radical (unpaired) electrons. The second-order valence-corrected chi connectivity index (χ2v) is 5.20. The van der Waals surface area contributed by atoms with Gasteiger partial charge in [-0.15, -0.1) is 0 Å². The van der Waals surface area contributed by atoms with E-state index < -0.39 is 0 Å². The Kier molecular flexibility index (Phi) is 6.76. The van der Waals surface area contributed by atoms with E-state index in [2.05, 4.69) is 24.5 Å². The van der Waals surface area contributed by atoms with Crippen LogP contribution in [0.5, 0.6) is 0 Å². The summed E-state index contributed by atoms with van der Waals surface area (Å²) in [7, 11) is 0. The van der Waals surface area contributed by atoms with Gasteiger partial charge < -0.3 is 10.6 Å². The molecule has 0 saturated heterocycles. The molecule has 0 unspecified atom stereocenters. The van der Waals surface area contributed by atoms with Gasteiger partial charge in [0.15, 0.2) is 0 Å². The average Bonchev–Trinajstić information content (AvgIpc) is 2.31. The second kappa shape index (κ2) is 8.11. The molecular formula is C14H21ClN2O. The van der Waals surface area contributed by atoms with Crippen molar-refractivity contribution in [3.05, 3.63) is 29.3 Å². The molecule has 1 rings (SSSR count). The van der Waals surface area contributed by atoms with Crippen molar-refractivity contribution in [2.45, 2.75) is 26.7 Å². The number of benzene rings is 1. The lowest BCUT2D eigenvalue weighted by Crippen LogP contribution is -2.28. The van der Waals surface area contributed by atoms with E-state index in [1.54, 1.807) is 24.3 Å². The SMILES string of the molecule is CC(C)CCCNCC(=O)Nc1ccc(Cl)cc1. The Balaban J connectivity index is 2.16. The first-order valence-corrected chi connectivity index (χ1v) is 6.72. The molecule has 1 aromatic carbocycles. The first-order valence-electron chi connectivity index (χ1n) is 6.34. The number of rotatable bonds is 7. The lowest BCUT2D eigenvalue weighted by Gasteiger charge is -2.07. The molecule has 4 heteroatoms. The van der Waals surface area contributed by atoms with E-state index >= 15 is 0 Å². The van der Waals surface area contributed by atoms with Crippen molar-refractivity contribution < 1.29 is 4.79 Å². The zero-order chi connectivity index (χ0) is 13.4. The van der Waals surface area contributed by atoms with Gasteiger partial charge in [0, 0.05) is 10.7 Å². The zero-order valence-electron chi connectivity index (χ0n) is 11.0. The highest BCUT2D eigenvalue weighted by molar-refractivity contribution is 6.30.